The lowest BCUT2D eigenvalue weighted by atomic mass is 9.93. The molecule has 3 aromatic carbocycles. The lowest BCUT2D eigenvalue weighted by molar-refractivity contribution is -0.122. The highest BCUT2D eigenvalue weighted by Gasteiger charge is 2.34. The summed E-state index contributed by atoms with van der Waals surface area (Å²) in [5.74, 6) is 0.132. The van der Waals surface area contributed by atoms with Crippen molar-refractivity contribution in [3.05, 3.63) is 95.3 Å². The minimum absolute atomic E-state index is 0.216. The Morgan fingerprint density at radius 2 is 1.68 bits per heavy atom. The maximum atomic E-state index is 13.4. The summed E-state index contributed by atoms with van der Waals surface area (Å²) in [6.45, 7) is 2.30. The summed E-state index contributed by atoms with van der Waals surface area (Å²) in [6.07, 6.45) is 0.432. The van der Waals surface area contributed by atoms with Crippen molar-refractivity contribution in [2.45, 2.75) is 25.9 Å². The molecule has 31 heavy (non-hydrogen) atoms. The Kier molecular flexibility index (Phi) is 4.55. The molecule has 0 saturated heterocycles. The molecule has 2 N–H and O–H groups in total. The third kappa shape index (κ3) is 3.26. The first kappa shape index (κ1) is 19.1. The van der Waals surface area contributed by atoms with E-state index >= 15 is 0 Å². The van der Waals surface area contributed by atoms with Crippen LogP contribution in [0.25, 0.3) is 16.7 Å². The van der Waals surface area contributed by atoms with Crippen LogP contribution in [-0.2, 0) is 17.8 Å². The van der Waals surface area contributed by atoms with Gasteiger partial charge < -0.3 is 10.6 Å². The molecule has 1 aliphatic rings. The Hall–Kier alpha value is -3.93. The van der Waals surface area contributed by atoms with Crippen molar-refractivity contribution in [3.8, 4) is 5.69 Å². The number of nitrogens with zero attached hydrogens (tertiary/aromatic N) is 3. The smallest absolute Gasteiger partial charge is 0.254 e. The van der Waals surface area contributed by atoms with Gasteiger partial charge in [-0.1, -0.05) is 42.5 Å². The second-order valence-corrected chi connectivity index (χ2v) is 7.86. The summed E-state index contributed by atoms with van der Waals surface area (Å²) in [4.78, 5) is 31.8. The minimum Gasteiger partial charge on any atom is -0.368 e. The molecule has 2 amide bonds. The van der Waals surface area contributed by atoms with Crippen LogP contribution in [0, 0.1) is 6.92 Å². The quantitative estimate of drug-likeness (QED) is 0.562. The Labute approximate surface area is 179 Å². The molecule has 4 aromatic rings. The average molecular weight is 410 g/mol. The molecular formula is C25H22N4O2. The van der Waals surface area contributed by atoms with Gasteiger partial charge in [-0.15, -0.1) is 0 Å². The lowest BCUT2D eigenvalue weighted by Crippen LogP contribution is -2.51. The summed E-state index contributed by atoms with van der Waals surface area (Å²) >= 11 is 0. The summed E-state index contributed by atoms with van der Waals surface area (Å²) in [7, 11) is 0. The number of hydrogen-bond acceptors (Lipinski definition) is 3. The highest BCUT2D eigenvalue weighted by Crippen LogP contribution is 2.27. The Morgan fingerprint density at radius 3 is 2.42 bits per heavy atom. The van der Waals surface area contributed by atoms with Crippen LogP contribution >= 0.6 is 0 Å². The number of carbonyl (C=O) groups is 2. The summed E-state index contributed by atoms with van der Waals surface area (Å²) in [5.41, 5.74) is 10.9. The van der Waals surface area contributed by atoms with Crippen molar-refractivity contribution in [3.63, 3.8) is 0 Å². The van der Waals surface area contributed by atoms with Gasteiger partial charge in [0, 0.05) is 24.2 Å². The maximum Gasteiger partial charge on any atom is 0.254 e. The highest BCUT2D eigenvalue weighted by atomic mass is 16.2. The zero-order valence-electron chi connectivity index (χ0n) is 17.2. The third-order valence-electron chi connectivity index (χ3n) is 5.92. The van der Waals surface area contributed by atoms with E-state index in [-0.39, 0.29) is 5.91 Å². The number of amides is 2. The van der Waals surface area contributed by atoms with E-state index in [1.807, 2.05) is 67.6 Å². The van der Waals surface area contributed by atoms with Crippen molar-refractivity contribution in [2.75, 3.05) is 0 Å². The first-order valence-electron chi connectivity index (χ1n) is 10.2. The number of fused-ring (bicyclic) bond motifs is 2. The Bertz CT molecular complexity index is 1310. The Morgan fingerprint density at radius 1 is 0.968 bits per heavy atom. The lowest BCUT2D eigenvalue weighted by Gasteiger charge is -2.35. The first-order valence-corrected chi connectivity index (χ1v) is 10.2. The van der Waals surface area contributed by atoms with E-state index in [4.69, 9.17) is 5.73 Å². The molecule has 1 aliphatic heterocycles. The summed E-state index contributed by atoms with van der Waals surface area (Å²) in [5, 5.41) is 0. The number of para-hydroxylation sites is 1. The molecule has 1 atom stereocenters. The first-order chi connectivity index (χ1) is 15.0. The van der Waals surface area contributed by atoms with Gasteiger partial charge in [0.25, 0.3) is 5.91 Å². The molecule has 154 valence electrons. The number of primary amides is 1. The third-order valence-corrected chi connectivity index (χ3v) is 5.92. The van der Waals surface area contributed by atoms with E-state index in [9.17, 15) is 9.59 Å². The zero-order chi connectivity index (χ0) is 21.5. The number of benzene rings is 3. The molecule has 1 aromatic heterocycles. The number of aromatic nitrogens is 2. The number of imidazole rings is 1. The van der Waals surface area contributed by atoms with Crippen molar-refractivity contribution < 1.29 is 9.59 Å². The van der Waals surface area contributed by atoms with E-state index in [1.54, 1.807) is 17.0 Å². The van der Waals surface area contributed by atoms with Gasteiger partial charge >= 0.3 is 0 Å². The molecule has 0 bridgehead atoms. The molecule has 6 heteroatoms. The van der Waals surface area contributed by atoms with Gasteiger partial charge in [0.15, 0.2) is 0 Å². The van der Waals surface area contributed by atoms with E-state index in [0.29, 0.717) is 18.5 Å². The van der Waals surface area contributed by atoms with Gasteiger partial charge in [0.1, 0.15) is 11.9 Å². The van der Waals surface area contributed by atoms with Crippen LogP contribution in [0.5, 0.6) is 0 Å². The SMILES string of the molecule is Cc1nc2cc(C(=O)N3Cc4ccccc4C[C@H]3C(N)=O)ccc2n1-c1ccccc1. The van der Waals surface area contributed by atoms with Gasteiger partial charge in [-0.3, -0.25) is 14.2 Å². The minimum atomic E-state index is -0.665. The van der Waals surface area contributed by atoms with Crippen LogP contribution in [-0.4, -0.2) is 32.3 Å². The Balaban J connectivity index is 1.53. The largest absolute Gasteiger partial charge is 0.368 e. The normalized spacial score (nSPS) is 15.6. The number of rotatable bonds is 3. The average Bonchev–Trinajstić information content (AvgIpc) is 3.13. The molecule has 5 rings (SSSR count). The van der Waals surface area contributed by atoms with Crippen LogP contribution in [0.1, 0.15) is 27.3 Å². The zero-order valence-corrected chi connectivity index (χ0v) is 17.2. The fourth-order valence-electron chi connectivity index (χ4n) is 4.39. The highest BCUT2D eigenvalue weighted by molar-refractivity contribution is 6.00. The number of carbonyl (C=O) groups excluding carboxylic acids is 2. The fourth-order valence-corrected chi connectivity index (χ4v) is 4.39. The monoisotopic (exact) mass is 410 g/mol. The molecule has 6 nitrogen and oxygen atoms in total. The van der Waals surface area contributed by atoms with Crippen molar-refractivity contribution in [1.29, 1.82) is 0 Å². The van der Waals surface area contributed by atoms with Crippen LogP contribution in [0.3, 0.4) is 0 Å². The van der Waals surface area contributed by atoms with Gasteiger partial charge in [0.05, 0.1) is 11.0 Å². The molecule has 0 aliphatic carbocycles. The molecule has 0 fully saturated rings. The predicted molar refractivity (Wildman–Crippen MR) is 119 cm³/mol. The van der Waals surface area contributed by atoms with Crippen LogP contribution in [0.15, 0.2) is 72.8 Å². The van der Waals surface area contributed by atoms with Gasteiger partial charge in [-0.05, 0) is 48.4 Å². The number of nitrogens with two attached hydrogens (primary N) is 1. The second kappa shape index (κ2) is 7.40. The topological polar surface area (TPSA) is 81.2 Å². The molecular weight excluding hydrogens is 388 g/mol. The maximum absolute atomic E-state index is 13.4. The van der Waals surface area contributed by atoms with Crippen LogP contribution < -0.4 is 5.73 Å². The molecule has 0 radical (unpaired) electrons. The molecule has 0 saturated carbocycles. The van der Waals surface area contributed by atoms with E-state index in [2.05, 4.69) is 9.55 Å². The summed E-state index contributed by atoms with van der Waals surface area (Å²) in [6, 6.07) is 22.7. The van der Waals surface area contributed by atoms with Crippen molar-refractivity contribution in [1.82, 2.24) is 14.5 Å². The predicted octanol–water partition coefficient (Wildman–Crippen LogP) is 3.39. The van der Waals surface area contributed by atoms with Crippen LogP contribution in [0.4, 0.5) is 0 Å². The standard InChI is InChI=1S/C25H22N4O2/c1-16-27-21-13-18(11-12-22(21)29(16)20-9-3-2-4-10-20)25(31)28-15-19-8-6-5-7-17(19)14-23(28)24(26)30/h2-13,23H,14-15H2,1H3,(H2,26,30)/t23-/m0/s1. The van der Waals surface area contributed by atoms with Gasteiger partial charge in [-0.2, -0.15) is 0 Å². The number of hydrogen-bond donors (Lipinski definition) is 1. The molecule has 0 spiro atoms. The van der Waals surface area contributed by atoms with Crippen molar-refractivity contribution in [2.24, 2.45) is 5.73 Å². The second-order valence-electron chi connectivity index (χ2n) is 7.86. The number of aryl methyl sites for hydroxylation is 1. The van der Waals surface area contributed by atoms with Gasteiger partial charge in [-0.25, -0.2) is 4.98 Å². The van der Waals surface area contributed by atoms with Crippen molar-refractivity contribution >= 4 is 22.8 Å². The molecule has 0 unspecified atom stereocenters. The van der Waals surface area contributed by atoms with Crippen LogP contribution in [0.2, 0.25) is 0 Å². The fraction of sp³-hybridized carbons (Fsp3) is 0.160. The van der Waals surface area contributed by atoms with Gasteiger partial charge in [0.2, 0.25) is 5.91 Å². The summed E-state index contributed by atoms with van der Waals surface area (Å²) < 4.78 is 2.06. The van der Waals surface area contributed by atoms with E-state index < -0.39 is 11.9 Å². The molecule has 2 heterocycles. The van der Waals surface area contributed by atoms with E-state index in [0.717, 1.165) is 33.7 Å². The van der Waals surface area contributed by atoms with E-state index in [1.165, 1.54) is 0 Å².